The molecule has 7 heteroatoms. The summed E-state index contributed by atoms with van der Waals surface area (Å²) in [5.41, 5.74) is 6.81. The second-order valence-corrected chi connectivity index (χ2v) is 7.69. The molecule has 2 heterocycles. The number of nitrogens with two attached hydrogens (primary N) is 1. The first-order valence-electron chi connectivity index (χ1n) is 7.66. The van der Waals surface area contributed by atoms with Crippen molar-refractivity contribution in [3.8, 4) is 0 Å². The van der Waals surface area contributed by atoms with Gasteiger partial charge in [-0.25, -0.2) is 8.42 Å². The largest absolute Gasteiger partial charge is 0.329 e. The Morgan fingerprint density at radius 1 is 1.38 bits per heavy atom. The highest BCUT2D eigenvalue weighted by molar-refractivity contribution is 7.89. The Bertz CT molecular complexity index is 594. The van der Waals surface area contributed by atoms with Gasteiger partial charge in [-0.3, -0.25) is 4.68 Å². The predicted molar refractivity (Wildman–Crippen MR) is 82.5 cm³/mol. The van der Waals surface area contributed by atoms with E-state index < -0.39 is 10.0 Å². The van der Waals surface area contributed by atoms with Crippen LogP contribution in [-0.2, 0) is 16.6 Å². The molecule has 1 aromatic heterocycles. The van der Waals surface area contributed by atoms with Crippen molar-refractivity contribution in [1.82, 2.24) is 14.1 Å². The normalized spacial score (nSPS) is 20.3. The van der Waals surface area contributed by atoms with Crippen LogP contribution in [0.3, 0.4) is 0 Å². The molecule has 2 rings (SSSR count). The minimum atomic E-state index is -3.44. The molecule has 1 aromatic rings. The van der Waals surface area contributed by atoms with Gasteiger partial charge < -0.3 is 5.73 Å². The second-order valence-electron chi connectivity index (χ2n) is 5.82. The smallest absolute Gasteiger partial charge is 0.246 e. The highest BCUT2D eigenvalue weighted by Crippen LogP contribution is 2.29. The first-order chi connectivity index (χ1) is 9.91. The lowest BCUT2D eigenvalue weighted by Crippen LogP contribution is -2.29. The van der Waals surface area contributed by atoms with E-state index in [4.69, 9.17) is 5.73 Å². The lowest BCUT2D eigenvalue weighted by Gasteiger charge is -2.17. The van der Waals surface area contributed by atoms with Gasteiger partial charge >= 0.3 is 0 Å². The number of rotatable bonds is 6. The Morgan fingerprint density at radius 2 is 2.10 bits per heavy atom. The van der Waals surface area contributed by atoms with E-state index in [0.717, 1.165) is 19.3 Å². The van der Waals surface area contributed by atoms with Crippen LogP contribution in [0, 0.1) is 19.8 Å². The van der Waals surface area contributed by atoms with Gasteiger partial charge in [-0.1, -0.05) is 13.3 Å². The molecule has 0 radical (unpaired) electrons. The lowest BCUT2D eigenvalue weighted by atomic mass is 10.0. The van der Waals surface area contributed by atoms with E-state index in [2.05, 4.69) is 12.0 Å². The van der Waals surface area contributed by atoms with Gasteiger partial charge in [0.2, 0.25) is 10.0 Å². The minimum Gasteiger partial charge on any atom is -0.329 e. The Hall–Kier alpha value is -0.920. The average molecular weight is 314 g/mol. The molecule has 0 aromatic carbocycles. The third-order valence-corrected chi connectivity index (χ3v) is 6.32. The Balaban J connectivity index is 2.28. The summed E-state index contributed by atoms with van der Waals surface area (Å²) in [6, 6.07) is 0. The summed E-state index contributed by atoms with van der Waals surface area (Å²) in [5, 5.41) is 4.32. The molecule has 0 aliphatic carbocycles. The van der Waals surface area contributed by atoms with Crippen molar-refractivity contribution in [1.29, 1.82) is 0 Å². The van der Waals surface area contributed by atoms with Crippen molar-refractivity contribution in [2.75, 3.05) is 19.6 Å². The molecular formula is C14H26N4O2S. The minimum absolute atomic E-state index is 0.369. The molecule has 21 heavy (non-hydrogen) atoms. The molecule has 2 N–H and O–H groups in total. The molecule has 1 aliphatic rings. The van der Waals surface area contributed by atoms with Crippen LogP contribution < -0.4 is 5.73 Å². The maximum Gasteiger partial charge on any atom is 0.246 e. The third kappa shape index (κ3) is 3.14. The van der Waals surface area contributed by atoms with Gasteiger partial charge in [0.1, 0.15) is 4.90 Å². The molecule has 0 bridgehead atoms. The monoisotopic (exact) mass is 314 g/mol. The fraction of sp³-hybridized carbons (Fsp3) is 0.786. The summed E-state index contributed by atoms with van der Waals surface area (Å²) in [4.78, 5) is 0.369. The highest BCUT2D eigenvalue weighted by atomic mass is 32.2. The van der Waals surface area contributed by atoms with Gasteiger partial charge in [-0.2, -0.15) is 9.40 Å². The lowest BCUT2D eigenvalue weighted by molar-refractivity contribution is 0.444. The van der Waals surface area contributed by atoms with Crippen LogP contribution in [-0.4, -0.2) is 42.1 Å². The third-order valence-electron chi connectivity index (χ3n) is 4.20. The van der Waals surface area contributed by atoms with Crippen molar-refractivity contribution >= 4 is 10.0 Å². The Labute approximate surface area is 127 Å². The molecule has 6 nitrogen and oxygen atoms in total. The summed E-state index contributed by atoms with van der Waals surface area (Å²) < 4.78 is 29.1. The molecule has 1 unspecified atom stereocenters. The topological polar surface area (TPSA) is 81.2 Å². The summed E-state index contributed by atoms with van der Waals surface area (Å²) in [6.45, 7) is 7.95. The molecule has 120 valence electrons. The zero-order chi connectivity index (χ0) is 15.6. The maximum atomic E-state index is 12.9. The van der Waals surface area contributed by atoms with Gasteiger partial charge in [0, 0.05) is 19.6 Å². The number of nitrogens with zero attached hydrogens (tertiary/aromatic N) is 3. The molecule has 0 amide bonds. The SMILES string of the molecule is CCCC1CCN(S(=O)(=O)c2c(C)nn(CCN)c2C)C1. The van der Waals surface area contributed by atoms with Gasteiger partial charge in [-0.15, -0.1) is 0 Å². The quantitative estimate of drug-likeness (QED) is 0.857. The van der Waals surface area contributed by atoms with Crippen molar-refractivity contribution in [2.45, 2.75) is 51.5 Å². The number of hydrogen-bond acceptors (Lipinski definition) is 4. The summed E-state index contributed by atoms with van der Waals surface area (Å²) in [7, 11) is -3.44. The molecule has 1 aliphatic heterocycles. The van der Waals surface area contributed by atoms with Crippen LogP contribution in [0.5, 0.6) is 0 Å². The van der Waals surface area contributed by atoms with Gasteiger partial charge in [0.05, 0.1) is 17.9 Å². The molecular weight excluding hydrogens is 288 g/mol. The van der Waals surface area contributed by atoms with Crippen molar-refractivity contribution in [3.05, 3.63) is 11.4 Å². The molecule has 1 fully saturated rings. The van der Waals surface area contributed by atoms with Crippen molar-refractivity contribution < 1.29 is 8.42 Å². The Kier molecular flexibility index (Phi) is 5.06. The van der Waals surface area contributed by atoms with E-state index >= 15 is 0 Å². The Morgan fingerprint density at radius 3 is 2.71 bits per heavy atom. The van der Waals surface area contributed by atoms with E-state index in [1.807, 2.05) is 6.92 Å². The number of hydrogen-bond donors (Lipinski definition) is 1. The van der Waals surface area contributed by atoms with Gasteiger partial charge in [0.15, 0.2) is 0 Å². The van der Waals surface area contributed by atoms with E-state index in [0.29, 0.717) is 48.4 Å². The van der Waals surface area contributed by atoms with Gasteiger partial charge in [-0.05, 0) is 32.6 Å². The molecule has 0 spiro atoms. The number of aryl methyl sites for hydroxylation is 1. The maximum absolute atomic E-state index is 12.9. The summed E-state index contributed by atoms with van der Waals surface area (Å²) >= 11 is 0. The molecule has 1 atom stereocenters. The van der Waals surface area contributed by atoms with E-state index in [9.17, 15) is 8.42 Å². The molecule has 1 saturated heterocycles. The fourth-order valence-corrected chi connectivity index (χ4v) is 5.09. The van der Waals surface area contributed by atoms with Crippen LogP contribution in [0.1, 0.15) is 37.6 Å². The van der Waals surface area contributed by atoms with Crippen LogP contribution in [0.15, 0.2) is 4.90 Å². The van der Waals surface area contributed by atoms with Gasteiger partial charge in [0.25, 0.3) is 0 Å². The van der Waals surface area contributed by atoms with Crippen molar-refractivity contribution in [3.63, 3.8) is 0 Å². The molecule has 0 saturated carbocycles. The van der Waals surface area contributed by atoms with Crippen LogP contribution >= 0.6 is 0 Å². The second kappa shape index (κ2) is 6.46. The standard InChI is InChI=1S/C14H26N4O2S/c1-4-5-13-6-8-17(10-13)21(19,20)14-11(2)16-18(9-7-15)12(14)3/h13H,4-10,15H2,1-3H3. The van der Waals surface area contributed by atoms with E-state index in [-0.39, 0.29) is 0 Å². The zero-order valence-electron chi connectivity index (χ0n) is 13.2. The van der Waals surface area contributed by atoms with E-state index in [1.165, 1.54) is 0 Å². The predicted octanol–water partition coefficient (Wildman–Crippen LogP) is 1.27. The van der Waals surface area contributed by atoms with Crippen molar-refractivity contribution in [2.24, 2.45) is 11.7 Å². The first kappa shape index (κ1) is 16.5. The fourth-order valence-electron chi connectivity index (χ4n) is 3.18. The van der Waals surface area contributed by atoms with Crippen LogP contribution in [0.25, 0.3) is 0 Å². The summed E-state index contributed by atoms with van der Waals surface area (Å²) in [6.07, 6.45) is 3.16. The first-order valence-corrected chi connectivity index (χ1v) is 9.10. The van der Waals surface area contributed by atoms with E-state index in [1.54, 1.807) is 15.9 Å². The average Bonchev–Trinajstić information content (AvgIpc) is 2.97. The van der Waals surface area contributed by atoms with Crippen LogP contribution in [0.2, 0.25) is 0 Å². The zero-order valence-corrected chi connectivity index (χ0v) is 14.0. The number of sulfonamides is 1. The highest BCUT2D eigenvalue weighted by Gasteiger charge is 2.35. The van der Waals surface area contributed by atoms with Crippen LogP contribution in [0.4, 0.5) is 0 Å². The number of aromatic nitrogens is 2. The summed E-state index contributed by atoms with van der Waals surface area (Å²) in [5.74, 6) is 0.490.